The van der Waals surface area contributed by atoms with Crippen LogP contribution in [0.4, 0.5) is 0 Å². The summed E-state index contributed by atoms with van der Waals surface area (Å²) in [6.07, 6.45) is 2.92. The summed E-state index contributed by atoms with van der Waals surface area (Å²) in [5.41, 5.74) is 3.53. The van der Waals surface area contributed by atoms with E-state index in [1.165, 1.54) is 12.7 Å². The molecule has 0 fully saturated rings. The fourth-order valence-electron chi connectivity index (χ4n) is 3.03. The van der Waals surface area contributed by atoms with Gasteiger partial charge in [0.05, 0.1) is 13.0 Å². The summed E-state index contributed by atoms with van der Waals surface area (Å²) in [4.78, 5) is 12.2. The summed E-state index contributed by atoms with van der Waals surface area (Å²) < 4.78 is 6.06. The first kappa shape index (κ1) is 15.0. The van der Waals surface area contributed by atoms with E-state index >= 15 is 0 Å². The highest BCUT2D eigenvalue weighted by Gasteiger charge is 2.35. The van der Waals surface area contributed by atoms with Crippen LogP contribution in [0.5, 0.6) is 0 Å². The third-order valence-electron chi connectivity index (χ3n) is 4.16. The number of carbonyl (C=O) groups excluding carboxylic acids is 1. The predicted octanol–water partition coefficient (Wildman–Crippen LogP) is 4.81. The molecule has 1 aliphatic rings. The fourth-order valence-corrected chi connectivity index (χ4v) is 3.29. The van der Waals surface area contributed by atoms with Crippen LogP contribution in [-0.2, 0) is 9.53 Å². The van der Waals surface area contributed by atoms with Crippen molar-refractivity contribution in [1.29, 1.82) is 0 Å². The van der Waals surface area contributed by atoms with E-state index in [4.69, 9.17) is 4.74 Å². The van der Waals surface area contributed by atoms with E-state index in [0.29, 0.717) is 6.42 Å². The van der Waals surface area contributed by atoms with Gasteiger partial charge in [0, 0.05) is 10.4 Å². The van der Waals surface area contributed by atoms with Gasteiger partial charge in [-0.3, -0.25) is 4.79 Å². The Labute approximate surface area is 138 Å². The molecule has 0 saturated carbocycles. The number of allylic oxidation sites excluding steroid dienone is 2. The zero-order valence-corrected chi connectivity index (χ0v) is 13.9. The van der Waals surface area contributed by atoms with Crippen molar-refractivity contribution in [2.45, 2.75) is 12.3 Å². The van der Waals surface area contributed by atoms with Gasteiger partial charge in [-0.2, -0.15) is 0 Å². The summed E-state index contributed by atoms with van der Waals surface area (Å²) >= 11 is 3.46. The highest BCUT2D eigenvalue weighted by molar-refractivity contribution is 9.10. The van der Waals surface area contributed by atoms with Crippen LogP contribution in [0.15, 0.2) is 65.1 Å². The average Bonchev–Trinajstić information content (AvgIpc) is 3.01. The lowest BCUT2D eigenvalue weighted by Crippen LogP contribution is -2.19. The first-order valence-electron chi connectivity index (χ1n) is 7.28. The number of esters is 1. The monoisotopic (exact) mass is 356 g/mol. The van der Waals surface area contributed by atoms with Crippen LogP contribution < -0.4 is 0 Å². The van der Waals surface area contributed by atoms with Gasteiger partial charge in [0.25, 0.3) is 0 Å². The minimum absolute atomic E-state index is 0.0762. The molecule has 2 aromatic rings. The molecule has 0 radical (unpaired) electrons. The van der Waals surface area contributed by atoms with E-state index in [1.807, 2.05) is 30.3 Å². The van der Waals surface area contributed by atoms with Crippen LogP contribution in [0.25, 0.3) is 5.57 Å². The van der Waals surface area contributed by atoms with E-state index < -0.39 is 0 Å². The first-order valence-corrected chi connectivity index (χ1v) is 8.08. The molecule has 0 aromatic heterocycles. The van der Waals surface area contributed by atoms with Crippen molar-refractivity contribution < 1.29 is 9.53 Å². The smallest absolute Gasteiger partial charge is 0.309 e. The van der Waals surface area contributed by atoms with Gasteiger partial charge in [-0.25, -0.2) is 0 Å². The molecule has 3 heteroatoms. The zero-order valence-electron chi connectivity index (χ0n) is 12.3. The molecule has 0 amide bonds. The first-order chi connectivity index (χ1) is 10.7. The molecule has 0 heterocycles. The molecule has 2 aromatic carbocycles. The van der Waals surface area contributed by atoms with Crippen LogP contribution in [0, 0.1) is 5.92 Å². The van der Waals surface area contributed by atoms with Crippen LogP contribution in [0.2, 0.25) is 0 Å². The Kier molecular flexibility index (Phi) is 4.44. The van der Waals surface area contributed by atoms with E-state index in [9.17, 15) is 4.79 Å². The maximum atomic E-state index is 12.2. The van der Waals surface area contributed by atoms with E-state index in [0.717, 1.165) is 15.6 Å². The fraction of sp³-hybridized carbons (Fsp3) is 0.211. The average molecular weight is 357 g/mol. The summed E-state index contributed by atoms with van der Waals surface area (Å²) in [5, 5.41) is 0. The van der Waals surface area contributed by atoms with Crippen molar-refractivity contribution in [2.75, 3.05) is 7.11 Å². The van der Waals surface area contributed by atoms with Crippen molar-refractivity contribution in [2.24, 2.45) is 5.92 Å². The Bertz CT molecular complexity index is 689. The highest BCUT2D eigenvalue weighted by atomic mass is 79.9. The molecule has 0 aliphatic heterocycles. The second-order valence-electron chi connectivity index (χ2n) is 5.47. The second kappa shape index (κ2) is 6.49. The van der Waals surface area contributed by atoms with Crippen molar-refractivity contribution >= 4 is 27.5 Å². The van der Waals surface area contributed by atoms with Gasteiger partial charge in [-0.1, -0.05) is 64.5 Å². The highest BCUT2D eigenvalue weighted by Crippen LogP contribution is 2.42. The van der Waals surface area contributed by atoms with Crippen LogP contribution in [0.3, 0.4) is 0 Å². The van der Waals surface area contributed by atoms with Crippen molar-refractivity contribution in [3.63, 3.8) is 0 Å². The number of carbonyl (C=O) groups is 1. The van der Waals surface area contributed by atoms with E-state index in [2.05, 4.69) is 46.3 Å². The van der Waals surface area contributed by atoms with Gasteiger partial charge in [0.2, 0.25) is 0 Å². The number of hydrogen-bond acceptors (Lipinski definition) is 2. The number of methoxy groups -OCH3 is 1. The normalized spacial score (nSPS) is 20.5. The Morgan fingerprint density at radius 2 is 1.77 bits per heavy atom. The molecule has 2 atom stereocenters. The third-order valence-corrected chi connectivity index (χ3v) is 4.69. The van der Waals surface area contributed by atoms with Crippen LogP contribution in [0.1, 0.15) is 23.5 Å². The molecular formula is C19H17BrO2. The molecule has 0 N–H and O–H groups in total. The minimum atomic E-state index is -0.147. The summed E-state index contributed by atoms with van der Waals surface area (Å²) in [6.45, 7) is 0. The number of benzene rings is 2. The Morgan fingerprint density at radius 1 is 1.09 bits per heavy atom. The molecule has 0 bridgehead atoms. The Morgan fingerprint density at radius 3 is 2.41 bits per heavy atom. The molecule has 0 unspecified atom stereocenters. The number of rotatable bonds is 3. The van der Waals surface area contributed by atoms with Gasteiger partial charge in [0.1, 0.15) is 0 Å². The lowest BCUT2D eigenvalue weighted by molar-refractivity contribution is -0.145. The van der Waals surface area contributed by atoms with Gasteiger partial charge in [0.15, 0.2) is 0 Å². The van der Waals surface area contributed by atoms with Gasteiger partial charge in [-0.15, -0.1) is 0 Å². The lowest BCUT2D eigenvalue weighted by atomic mass is 9.89. The summed E-state index contributed by atoms with van der Waals surface area (Å²) in [6, 6.07) is 18.4. The van der Waals surface area contributed by atoms with E-state index in [1.54, 1.807) is 0 Å². The van der Waals surface area contributed by atoms with Crippen molar-refractivity contribution in [3.05, 3.63) is 76.3 Å². The molecule has 112 valence electrons. The number of halogens is 1. The second-order valence-corrected chi connectivity index (χ2v) is 6.38. The Hall–Kier alpha value is -1.87. The number of ether oxygens (including phenoxy) is 1. The molecular weight excluding hydrogens is 340 g/mol. The maximum Gasteiger partial charge on any atom is 0.309 e. The molecule has 3 rings (SSSR count). The molecule has 0 saturated heterocycles. The van der Waals surface area contributed by atoms with E-state index in [-0.39, 0.29) is 17.8 Å². The molecule has 2 nitrogen and oxygen atoms in total. The van der Waals surface area contributed by atoms with Crippen molar-refractivity contribution in [1.82, 2.24) is 0 Å². The SMILES string of the molecule is COC(=O)[C@@H]1CC(c2ccc(Br)cc2)=C[C@@H]1c1ccccc1. The largest absolute Gasteiger partial charge is 0.469 e. The maximum absolute atomic E-state index is 12.2. The van der Waals surface area contributed by atoms with Crippen molar-refractivity contribution in [3.8, 4) is 0 Å². The Balaban J connectivity index is 1.96. The topological polar surface area (TPSA) is 26.3 Å². The predicted molar refractivity (Wildman–Crippen MR) is 91.4 cm³/mol. The van der Waals surface area contributed by atoms with Crippen LogP contribution in [-0.4, -0.2) is 13.1 Å². The number of hydrogen-bond donors (Lipinski definition) is 0. The lowest BCUT2D eigenvalue weighted by Gasteiger charge is -2.17. The zero-order chi connectivity index (χ0) is 15.5. The third kappa shape index (κ3) is 3.00. The van der Waals surface area contributed by atoms with Gasteiger partial charge in [-0.05, 0) is 35.3 Å². The van der Waals surface area contributed by atoms with Crippen LogP contribution >= 0.6 is 15.9 Å². The summed E-state index contributed by atoms with van der Waals surface area (Å²) in [7, 11) is 1.46. The minimum Gasteiger partial charge on any atom is -0.469 e. The molecule has 22 heavy (non-hydrogen) atoms. The molecule has 1 aliphatic carbocycles. The summed E-state index contributed by atoms with van der Waals surface area (Å²) in [5.74, 6) is -0.212. The molecule has 0 spiro atoms. The van der Waals surface area contributed by atoms with Gasteiger partial charge < -0.3 is 4.74 Å². The van der Waals surface area contributed by atoms with Gasteiger partial charge >= 0.3 is 5.97 Å². The quantitative estimate of drug-likeness (QED) is 0.737. The standard InChI is InChI=1S/C19H17BrO2/c1-22-19(21)18-12-15(13-7-9-16(20)10-8-13)11-17(18)14-5-3-2-4-6-14/h2-11,17-18H,12H2,1H3/t17-,18-/m1/s1.